The summed E-state index contributed by atoms with van der Waals surface area (Å²) in [7, 11) is 2.02. The fourth-order valence-corrected chi connectivity index (χ4v) is 3.61. The van der Waals surface area contributed by atoms with E-state index in [1.165, 1.54) is 23.4 Å². The van der Waals surface area contributed by atoms with Crippen LogP contribution < -0.4 is 5.32 Å². The Labute approximate surface area is 111 Å². The quantitative estimate of drug-likeness (QED) is 0.900. The van der Waals surface area contributed by atoms with E-state index < -0.39 is 0 Å². The van der Waals surface area contributed by atoms with Gasteiger partial charge in [-0.3, -0.25) is 4.98 Å². The van der Waals surface area contributed by atoms with Crippen molar-refractivity contribution in [1.29, 1.82) is 0 Å². The summed E-state index contributed by atoms with van der Waals surface area (Å²) in [4.78, 5) is 10.8. The first-order valence-corrected chi connectivity index (χ1v) is 7.20. The molecule has 0 bridgehead atoms. The Morgan fingerprint density at radius 1 is 1.33 bits per heavy atom. The number of aryl methyl sites for hydroxylation is 2. The van der Waals surface area contributed by atoms with E-state index in [0.29, 0.717) is 6.04 Å². The Hall–Kier alpha value is -1.26. The average Bonchev–Trinajstić information content (AvgIpc) is 2.82. The maximum absolute atomic E-state index is 4.81. The molecule has 4 heteroatoms. The number of nitrogens with one attached hydrogen (secondary N) is 1. The van der Waals surface area contributed by atoms with Crippen LogP contribution in [0, 0.1) is 6.92 Å². The van der Waals surface area contributed by atoms with Crippen LogP contribution in [0.5, 0.6) is 0 Å². The molecule has 0 radical (unpaired) electrons. The zero-order chi connectivity index (χ0) is 12.5. The van der Waals surface area contributed by atoms with E-state index in [-0.39, 0.29) is 0 Å². The largest absolute Gasteiger partial charge is 0.312 e. The van der Waals surface area contributed by atoms with Gasteiger partial charge >= 0.3 is 0 Å². The standard InChI is InChI=1S/C14H17N3S/c1-9-5-3-7-11(16-9)14-17-13-10(15-2)6-4-8-12(13)18-14/h3,5,7,10,15H,4,6,8H2,1-2H3. The highest BCUT2D eigenvalue weighted by Crippen LogP contribution is 2.36. The zero-order valence-electron chi connectivity index (χ0n) is 10.7. The summed E-state index contributed by atoms with van der Waals surface area (Å²) in [6.45, 7) is 2.02. The molecule has 1 aliphatic rings. The second kappa shape index (κ2) is 4.78. The molecule has 3 rings (SSSR count). The van der Waals surface area contributed by atoms with E-state index in [0.717, 1.165) is 22.8 Å². The first kappa shape index (κ1) is 11.8. The van der Waals surface area contributed by atoms with E-state index in [4.69, 9.17) is 4.98 Å². The van der Waals surface area contributed by atoms with Crippen molar-refractivity contribution in [1.82, 2.24) is 15.3 Å². The van der Waals surface area contributed by atoms with Crippen LogP contribution in [0.1, 0.15) is 35.1 Å². The van der Waals surface area contributed by atoms with Gasteiger partial charge in [-0.2, -0.15) is 0 Å². The van der Waals surface area contributed by atoms with Crippen molar-refractivity contribution < 1.29 is 0 Å². The predicted molar refractivity (Wildman–Crippen MR) is 74.8 cm³/mol. The molecule has 94 valence electrons. The average molecular weight is 259 g/mol. The van der Waals surface area contributed by atoms with E-state index in [1.54, 1.807) is 11.3 Å². The van der Waals surface area contributed by atoms with Gasteiger partial charge in [0.15, 0.2) is 0 Å². The van der Waals surface area contributed by atoms with Crippen molar-refractivity contribution in [3.05, 3.63) is 34.5 Å². The number of fused-ring (bicyclic) bond motifs is 1. The van der Waals surface area contributed by atoms with Crippen LogP contribution in [0.3, 0.4) is 0 Å². The summed E-state index contributed by atoms with van der Waals surface area (Å²) in [5.41, 5.74) is 3.29. The van der Waals surface area contributed by atoms with Crippen LogP contribution in [0.25, 0.3) is 10.7 Å². The molecule has 1 aliphatic carbocycles. The molecule has 1 atom stereocenters. The van der Waals surface area contributed by atoms with Crippen LogP contribution in [0.4, 0.5) is 0 Å². The molecule has 2 heterocycles. The molecule has 2 aromatic heterocycles. The predicted octanol–water partition coefficient (Wildman–Crippen LogP) is 3.11. The molecule has 0 aliphatic heterocycles. The third kappa shape index (κ3) is 2.06. The van der Waals surface area contributed by atoms with Gasteiger partial charge in [-0.1, -0.05) is 6.07 Å². The van der Waals surface area contributed by atoms with Gasteiger partial charge in [0.2, 0.25) is 0 Å². The number of aromatic nitrogens is 2. The minimum absolute atomic E-state index is 0.420. The fraction of sp³-hybridized carbons (Fsp3) is 0.429. The number of hydrogen-bond donors (Lipinski definition) is 1. The third-order valence-corrected chi connectivity index (χ3v) is 4.56. The molecule has 0 fully saturated rings. The highest BCUT2D eigenvalue weighted by molar-refractivity contribution is 7.15. The second-order valence-corrected chi connectivity index (χ2v) is 5.81. The van der Waals surface area contributed by atoms with Gasteiger partial charge in [-0.25, -0.2) is 4.98 Å². The Balaban J connectivity index is 2.02. The first-order chi connectivity index (χ1) is 8.78. The number of thiazole rings is 1. The zero-order valence-corrected chi connectivity index (χ0v) is 11.5. The van der Waals surface area contributed by atoms with Gasteiger partial charge in [0, 0.05) is 10.6 Å². The lowest BCUT2D eigenvalue weighted by Crippen LogP contribution is -2.21. The van der Waals surface area contributed by atoms with Crippen LogP contribution in [-0.4, -0.2) is 17.0 Å². The molecule has 0 saturated carbocycles. The van der Waals surface area contributed by atoms with E-state index in [1.807, 2.05) is 32.2 Å². The van der Waals surface area contributed by atoms with E-state index in [2.05, 4.69) is 10.3 Å². The van der Waals surface area contributed by atoms with Gasteiger partial charge < -0.3 is 5.32 Å². The fourth-order valence-electron chi connectivity index (χ4n) is 2.47. The van der Waals surface area contributed by atoms with Crippen molar-refractivity contribution in [2.24, 2.45) is 0 Å². The van der Waals surface area contributed by atoms with Crippen LogP contribution in [0.15, 0.2) is 18.2 Å². The van der Waals surface area contributed by atoms with E-state index >= 15 is 0 Å². The lowest BCUT2D eigenvalue weighted by molar-refractivity contribution is 0.490. The van der Waals surface area contributed by atoms with Crippen molar-refractivity contribution in [3.63, 3.8) is 0 Å². The third-order valence-electron chi connectivity index (χ3n) is 3.41. The minimum atomic E-state index is 0.420. The first-order valence-electron chi connectivity index (χ1n) is 6.39. The van der Waals surface area contributed by atoms with Crippen molar-refractivity contribution in [2.75, 3.05) is 7.05 Å². The number of rotatable bonds is 2. The maximum Gasteiger partial charge on any atom is 0.142 e. The van der Waals surface area contributed by atoms with Crippen molar-refractivity contribution >= 4 is 11.3 Å². The highest BCUT2D eigenvalue weighted by atomic mass is 32.1. The Morgan fingerprint density at radius 2 is 2.22 bits per heavy atom. The second-order valence-electron chi connectivity index (χ2n) is 4.73. The monoisotopic (exact) mass is 259 g/mol. The summed E-state index contributed by atoms with van der Waals surface area (Å²) >= 11 is 1.80. The van der Waals surface area contributed by atoms with Crippen LogP contribution in [-0.2, 0) is 6.42 Å². The minimum Gasteiger partial charge on any atom is -0.312 e. The summed E-state index contributed by atoms with van der Waals surface area (Å²) in [5, 5.41) is 4.42. The SMILES string of the molecule is CNC1CCCc2sc(-c3cccc(C)n3)nc21. The molecule has 18 heavy (non-hydrogen) atoms. The van der Waals surface area contributed by atoms with Gasteiger partial charge in [-0.05, 0) is 45.4 Å². The lowest BCUT2D eigenvalue weighted by atomic mass is 9.98. The Morgan fingerprint density at radius 3 is 3.00 bits per heavy atom. The molecule has 2 aromatic rings. The number of hydrogen-bond acceptors (Lipinski definition) is 4. The van der Waals surface area contributed by atoms with Gasteiger partial charge in [0.25, 0.3) is 0 Å². The smallest absolute Gasteiger partial charge is 0.142 e. The van der Waals surface area contributed by atoms with Gasteiger partial charge in [0.1, 0.15) is 5.01 Å². The maximum atomic E-state index is 4.81. The molecular weight excluding hydrogens is 242 g/mol. The van der Waals surface area contributed by atoms with Crippen molar-refractivity contribution in [3.8, 4) is 10.7 Å². The molecule has 0 spiro atoms. The lowest BCUT2D eigenvalue weighted by Gasteiger charge is -2.19. The summed E-state index contributed by atoms with van der Waals surface area (Å²) in [6.07, 6.45) is 3.60. The highest BCUT2D eigenvalue weighted by Gasteiger charge is 2.24. The molecule has 1 unspecified atom stereocenters. The Kier molecular flexibility index (Phi) is 3.14. The van der Waals surface area contributed by atoms with Crippen LogP contribution in [0.2, 0.25) is 0 Å². The molecule has 0 aromatic carbocycles. The number of nitrogens with zero attached hydrogens (tertiary/aromatic N) is 2. The normalized spacial score (nSPS) is 18.7. The van der Waals surface area contributed by atoms with Gasteiger partial charge in [-0.15, -0.1) is 11.3 Å². The molecule has 1 N–H and O–H groups in total. The summed E-state index contributed by atoms with van der Waals surface area (Å²) < 4.78 is 0. The van der Waals surface area contributed by atoms with Crippen LogP contribution >= 0.6 is 11.3 Å². The molecule has 3 nitrogen and oxygen atoms in total. The van der Waals surface area contributed by atoms with Crippen molar-refractivity contribution in [2.45, 2.75) is 32.2 Å². The number of pyridine rings is 1. The van der Waals surface area contributed by atoms with Gasteiger partial charge in [0.05, 0.1) is 17.4 Å². The Bertz CT molecular complexity index is 562. The topological polar surface area (TPSA) is 37.8 Å². The molecule has 0 saturated heterocycles. The molecular formula is C14H17N3S. The molecule has 0 amide bonds. The summed E-state index contributed by atoms with van der Waals surface area (Å²) in [5.74, 6) is 0. The van der Waals surface area contributed by atoms with E-state index in [9.17, 15) is 0 Å². The summed E-state index contributed by atoms with van der Waals surface area (Å²) in [6, 6.07) is 6.54.